The summed E-state index contributed by atoms with van der Waals surface area (Å²) in [5.41, 5.74) is 2.07. The maximum Gasteiger partial charge on any atom is 0.123 e. The van der Waals surface area contributed by atoms with Crippen LogP contribution < -0.4 is 5.32 Å². The van der Waals surface area contributed by atoms with Crippen molar-refractivity contribution < 1.29 is 4.39 Å². The molecule has 3 nitrogen and oxygen atoms in total. The SMILES string of the molecule is Cl.Cn1ccc(CNCc2ccc(F)cc2)n1. The topological polar surface area (TPSA) is 29.9 Å². The first-order valence-electron chi connectivity index (χ1n) is 5.18. The highest BCUT2D eigenvalue weighted by molar-refractivity contribution is 5.85. The van der Waals surface area contributed by atoms with E-state index < -0.39 is 0 Å². The first kappa shape index (κ1) is 13.7. The van der Waals surface area contributed by atoms with Crippen LogP contribution in [-0.4, -0.2) is 9.78 Å². The van der Waals surface area contributed by atoms with Gasteiger partial charge in [-0.05, 0) is 23.8 Å². The molecule has 1 aromatic carbocycles. The monoisotopic (exact) mass is 255 g/mol. The summed E-state index contributed by atoms with van der Waals surface area (Å²) < 4.78 is 14.4. The molecule has 0 fully saturated rings. The van der Waals surface area contributed by atoms with Crippen molar-refractivity contribution >= 4 is 12.4 Å². The standard InChI is InChI=1S/C12H14FN3.ClH/c1-16-7-6-12(15-16)9-14-8-10-2-4-11(13)5-3-10;/h2-7,14H,8-9H2,1H3;1H. The van der Waals surface area contributed by atoms with E-state index >= 15 is 0 Å². The summed E-state index contributed by atoms with van der Waals surface area (Å²) in [5.74, 6) is -0.200. The molecule has 0 bridgehead atoms. The van der Waals surface area contributed by atoms with E-state index in [1.807, 2.05) is 19.3 Å². The van der Waals surface area contributed by atoms with Gasteiger partial charge in [-0.25, -0.2) is 4.39 Å². The van der Waals surface area contributed by atoms with Crippen LogP contribution in [0.15, 0.2) is 36.5 Å². The molecule has 0 amide bonds. The van der Waals surface area contributed by atoms with Crippen LogP contribution in [0.1, 0.15) is 11.3 Å². The van der Waals surface area contributed by atoms with Crippen LogP contribution in [0.3, 0.4) is 0 Å². The van der Waals surface area contributed by atoms with E-state index in [4.69, 9.17) is 0 Å². The molecule has 0 saturated heterocycles. The predicted octanol–water partition coefficient (Wildman–Crippen LogP) is 2.27. The molecule has 2 rings (SSSR count). The number of benzene rings is 1. The Morgan fingerprint density at radius 3 is 2.47 bits per heavy atom. The van der Waals surface area contributed by atoms with E-state index in [9.17, 15) is 4.39 Å². The number of nitrogens with one attached hydrogen (secondary N) is 1. The van der Waals surface area contributed by atoms with Crippen molar-refractivity contribution in [1.29, 1.82) is 0 Å². The molecule has 1 heterocycles. The highest BCUT2D eigenvalue weighted by Gasteiger charge is 1.97. The van der Waals surface area contributed by atoms with Crippen molar-refractivity contribution in [1.82, 2.24) is 15.1 Å². The Morgan fingerprint density at radius 2 is 1.88 bits per heavy atom. The van der Waals surface area contributed by atoms with Crippen LogP contribution in [-0.2, 0) is 20.1 Å². The molecular formula is C12H15ClFN3. The van der Waals surface area contributed by atoms with E-state index in [1.54, 1.807) is 16.8 Å². The van der Waals surface area contributed by atoms with Gasteiger partial charge in [0.2, 0.25) is 0 Å². The van der Waals surface area contributed by atoms with E-state index in [2.05, 4.69) is 10.4 Å². The largest absolute Gasteiger partial charge is 0.307 e. The minimum absolute atomic E-state index is 0. The van der Waals surface area contributed by atoms with Gasteiger partial charge in [0.1, 0.15) is 5.82 Å². The van der Waals surface area contributed by atoms with Crippen molar-refractivity contribution in [3.05, 3.63) is 53.6 Å². The molecule has 92 valence electrons. The third-order valence-electron chi connectivity index (χ3n) is 2.32. The predicted molar refractivity (Wildman–Crippen MR) is 67.4 cm³/mol. The van der Waals surface area contributed by atoms with Gasteiger partial charge >= 0.3 is 0 Å². The third-order valence-corrected chi connectivity index (χ3v) is 2.32. The summed E-state index contributed by atoms with van der Waals surface area (Å²) in [5, 5.41) is 7.50. The number of nitrogens with zero attached hydrogens (tertiary/aromatic N) is 2. The summed E-state index contributed by atoms with van der Waals surface area (Å²) in [7, 11) is 1.89. The van der Waals surface area contributed by atoms with Crippen LogP contribution in [0.5, 0.6) is 0 Å². The molecule has 0 aliphatic carbocycles. The zero-order valence-corrected chi connectivity index (χ0v) is 10.4. The number of hydrogen-bond donors (Lipinski definition) is 1. The molecule has 2 aromatic rings. The Balaban J connectivity index is 0.00000144. The van der Waals surface area contributed by atoms with E-state index in [1.165, 1.54) is 12.1 Å². The fourth-order valence-electron chi connectivity index (χ4n) is 1.49. The smallest absolute Gasteiger partial charge is 0.123 e. The molecule has 0 aliphatic rings. The van der Waals surface area contributed by atoms with E-state index in [0.717, 1.165) is 24.3 Å². The molecule has 17 heavy (non-hydrogen) atoms. The van der Waals surface area contributed by atoms with E-state index in [-0.39, 0.29) is 18.2 Å². The third kappa shape index (κ3) is 4.17. The summed E-state index contributed by atoms with van der Waals surface area (Å²) in [6.07, 6.45) is 1.91. The van der Waals surface area contributed by atoms with Crippen LogP contribution in [0.4, 0.5) is 4.39 Å². The molecule has 0 saturated carbocycles. The van der Waals surface area contributed by atoms with Gasteiger partial charge in [0.15, 0.2) is 0 Å². The number of aryl methyl sites for hydroxylation is 1. The Kier molecular flexibility index (Phi) is 5.12. The quantitative estimate of drug-likeness (QED) is 0.908. The molecular weight excluding hydrogens is 241 g/mol. The van der Waals surface area contributed by atoms with Crippen LogP contribution in [0, 0.1) is 5.82 Å². The molecule has 0 atom stereocenters. The zero-order valence-electron chi connectivity index (χ0n) is 9.56. The van der Waals surface area contributed by atoms with Crippen LogP contribution in [0.2, 0.25) is 0 Å². The second-order valence-electron chi connectivity index (χ2n) is 3.71. The highest BCUT2D eigenvalue weighted by Crippen LogP contribution is 2.02. The average Bonchev–Trinajstić information content (AvgIpc) is 2.67. The Morgan fingerprint density at radius 1 is 1.18 bits per heavy atom. The molecule has 0 aliphatic heterocycles. The summed E-state index contributed by atoms with van der Waals surface area (Å²) in [4.78, 5) is 0. The molecule has 0 spiro atoms. The number of hydrogen-bond acceptors (Lipinski definition) is 2. The Bertz CT molecular complexity index is 453. The van der Waals surface area contributed by atoms with Gasteiger partial charge in [-0.2, -0.15) is 5.10 Å². The number of rotatable bonds is 4. The maximum absolute atomic E-state index is 12.6. The number of halogens is 2. The van der Waals surface area contributed by atoms with Crippen LogP contribution >= 0.6 is 12.4 Å². The average molecular weight is 256 g/mol. The molecule has 1 N–H and O–H groups in total. The lowest BCUT2D eigenvalue weighted by atomic mass is 10.2. The summed E-state index contributed by atoms with van der Waals surface area (Å²) in [6, 6.07) is 8.47. The summed E-state index contributed by atoms with van der Waals surface area (Å²) in [6.45, 7) is 1.44. The Labute approximate surface area is 106 Å². The molecule has 5 heteroatoms. The first-order valence-corrected chi connectivity index (χ1v) is 5.18. The van der Waals surface area contributed by atoms with Gasteiger partial charge in [-0.1, -0.05) is 12.1 Å². The molecule has 0 unspecified atom stereocenters. The lowest BCUT2D eigenvalue weighted by molar-refractivity contribution is 0.623. The van der Waals surface area contributed by atoms with Gasteiger partial charge in [0.05, 0.1) is 5.69 Å². The van der Waals surface area contributed by atoms with Crippen molar-refractivity contribution in [2.45, 2.75) is 13.1 Å². The van der Waals surface area contributed by atoms with E-state index in [0.29, 0.717) is 0 Å². The first-order chi connectivity index (χ1) is 7.74. The van der Waals surface area contributed by atoms with Crippen molar-refractivity contribution in [2.24, 2.45) is 7.05 Å². The Hall–Kier alpha value is -1.39. The minimum atomic E-state index is -0.200. The van der Waals surface area contributed by atoms with Gasteiger partial charge in [0.25, 0.3) is 0 Å². The second kappa shape index (κ2) is 6.37. The minimum Gasteiger partial charge on any atom is -0.307 e. The molecule has 0 radical (unpaired) electrons. The normalized spacial score (nSPS) is 10.0. The van der Waals surface area contributed by atoms with Gasteiger partial charge in [-0.3, -0.25) is 4.68 Å². The van der Waals surface area contributed by atoms with Crippen molar-refractivity contribution in [3.8, 4) is 0 Å². The van der Waals surface area contributed by atoms with Crippen molar-refractivity contribution in [2.75, 3.05) is 0 Å². The van der Waals surface area contributed by atoms with Crippen LogP contribution in [0.25, 0.3) is 0 Å². The highest BCUT2D eigenvalue weighted by atomic mass is 35.5. The second-order valence-corrected chi connectivity index (χ2v) is 3.71. The fraction of sp³-hybridized carbons (Fsp3) is 0.250. The number of aromatic nitrogens is 2. The maximum atomic E-state index is 12.6. The molecule has 1 aromatic heterocycles. The van der Waals surface area contributed by atoms with Gasteiger partial charge in [0, 0.05) is 26.3 Å². The van der Waals surface area contributed by atoms with Gasteiger partial charge < -0.3 is 5.32 Å². The van der Waals surface area contributed by atoms with Gasteiger partial charge in [-0.15, -0.1) is 12.4 Å². The van der Waals surface area contributed by atoms with Crippen molar-refractivity contribution in [3.63, 3.8) is 0 Å². The fourth-order valence-corrected chi connectivity index (χ4v) is 1.49. The lowest BCUT2D eigenvalue weighted by Crippen LogP contribution is -2.13. The lowest BCUT2D eigenvalue weighted by Gasteiger charge is -2.02. The zero-order chi connectivity index (χ0) is 11.4. The summed E-state index contributed by atoms with van der Waals surface area (Å²) >= 11 is 0.